The lowest BCUT2D eigenvalue weighted by Crippen LogP contribution is -2.02. The van der Waals surface area contributed by atoms with Gasteiger partial charge < -0.3 is 8.98 Å². The van der Waals surface area contributed by atoms with E-state index in [0.717, 1.165) is 105 Å². The number of furan rings is 1. The van der Waals surface area contributed by atoms with Crippen molar-refractivity contribution >= 4 is 43.7 Å². The van der Waals surface area contributed by atoms with Crippen molar-refractivity contribution in [3.05, 3.63) is 237 Å². The molecule has 0 saturated carbocycles. The van der Waals surface area contributed by atoms with Crippen LogP contribution >= 0.6 is 0 Å². The first-order valence-electron chi connectivity index (χ1n) is 22.8. The Balaban J connectivity index is 1.06. The standard InChI is InChI=1S/C62H39N5O/c1-6-18-40(19-7-1)44-30-32-48(41-20-8-2-9-21-41)50(34-44)46-36-54(62-65-60(42-22-10-3-11-23-42)64-61(66-62)43-24-12-4-13-25-43)59(63-39-46)45-31-33-57-52(35-45)53-37-56-51(38-58(53)68-57)49-28-16-17-29-55(49)67(56)47-26-14-5-15-27-47/h1-39H. The van der Waals surface area contributed by atoms with Crippen LogP contribution in [0.15, 0.2) is 241 Å². The minimum Gasteiger partial charge on any atom is -0.456 e. The van der Waals surface area contributed by atoms with E-state index in [9.17, 15) is 0 Å². The van der Waals surface area contributed by atoms with E-state index in [1.54, 1.807) is 0 Å². The molecule has 318 valence electrons. The van der Waals surface area contributed by atoms with Crippen molar-refractivity contribution in [2.24, 2.45) is 0 Å². The monoisotopic (exact) mass is 869 g/mol. The molecule has 4 heterocycles. The maximum atomic E-state index is 6.68. The second-order valence-electron chi connectivity index (χ2n) is 17.0. The molecule has 4 aromatic heterocycles. The fourth-order valence-corrected chi connectivity index (χ4v) is 9.64. The number of nitrogens with zero attached hydrogens (tertiary/aromatic N) is 5. The largest absolute Gasteiger partial charge is 0.456 e. The summed E-state index contributed by atoms with van der Waals surface area (Å²) in [4.78, 5) is 21.0. The first-order valence-corrected chi connectivity index (χ1v) is 22.8. The summed E-state index contributed by atoms with van der Waals surface area (Å²) in [6, 6.07) is 80.1. The minimum atomic E-state index is 0.522. The molecule has 0 aliphatic carbocycles. The molecule has 0 bridgehead atoms. The quantitative estimate of drug-likeness (QED) is 0.152. The van der Waals surface area contributed by atoms with Gasteiger partial charge in [0.2, 0.25) is 0 Å². The van der Waals surface area contributed by atoms with E-state index in [4.69, 9.17) is 24.4 Å². The Morgan fingerprint density at radius 3 is 1.56 bits per heavy atom. The third-order valence-electron chi connectivity index (χ3n) is 12.9. The summed E-state index contributed by atoms with van der Waals surface area (Å²) >= 11 is 0. The summed E-state index contributed by atoms with van der Waals surface area (Å²) in [7, 11) is 0. The van der Waals surface area contributed by atoms with E-state index < -0.39 is 0 Å². The molecular weight excluding hydrogens is 831 g/mol. The molecule has 6 heteroatoms. The molecule has 0 saturated heterocycles. The lowest BCUT2D eigenvalue weighted by atomic mass is 9.90. The normalized spacial score (nSPS) is 11.5. The number of pyridine rings is 1. The fourth-order valence-electron chi connectivity index (χ4n) is 9.64. The molecule has 0 fully saturated rings. The molecule has 0 atom stereocenters. The van der Waals surface area contributed by atoms with Crippen molar-refractivity contribution in [2.45, 2.75) is 0 Å². The molecule has 13 aromatic rings. The molecule has 13 rings (SSSR count). The van der Waals surface area contributed by atoms with Crippen LogP contribution in [0.1, 0.15) is 0 Å². The van der Waals surface area contributed by atoms with Gasteiger partial charge in [-0.2, -0.15) is 0 Å². The van der Waals surface area contributed by atoms with Crippen LogP contribution in [-0.2, 0) is 0 Å². The van der Waals surface area contributed by atoms with Gasteiger partial charge in [0.15, 0.2) is 17.5 Å². The van der Waals surface area contributed by atoms with Crippen molar-refractivity contribution in [3.63, 3.8) is 0 Å². The average molecular weight is 870 g/mol. The number of para-hydroxylation sites is 2. The van der Waals surface area contributed by atoms with Gasteiger partial charge in [0.1, 0.15) is 11.2 Å². The van der Waals surface area contributed by atoms with Crippen molar-refractivity contribution in [2.75, 3.05) is 0 Å². The zero-order valence-electron chi connectivity index (χ0n) is 36.7. The van der Waals surface area contributed by atoms with Gasteiger partial charge in [-0.25, -0.2) is 15.0 Å². The number of hydrogen-bond donors (Lipinski definition) is 0. The summed E-state index contributed by atoms with van der Waals surface area (Å²) in [6.45, 7) is 0. The molecule has 68 heavy (non-hydrogen) atoms. The van der Waals surface area contributed by atoms with Gasteiger partial charge in [-0.1, -0.05) is 170 Å². The van der Waals surface area contributed by atoms with Crippen molar-refractivity contribution in [1.82, 2.24) is 24.5 Å². The summed E-state index contributed by atoms with van der Waals surface area (Å²) in [5.41, 5.74) is 15.7. The number of rotatable bonds is 8. The van der Waals surface area contributed by atoms with E-state index in [-0.39, 0.29) is 0 Å². The highest BCUT2D eigenvalue weighted by Crippen LogP contribution is 2.43. The summed E-state index contributed by atoms with van der Waals surface area (Å²) in [6.07, 6.45) is 1.99. The third-order valence-corrected chi connectivity index (χ3v) is 12.9. The Kier molecular flexibility index (Phi) is 9.39. The fraction of sp³-hybridized carbons (Fsp3) is 0. The lowest BCUT2D eigenvalue weighted by molar-refractivity contribution is 0.669. The predicted octanol–water partition coefficient (Wildman–Crippen LogP) is 15.9. The van der Waals surface area contributed by atoms with Crippen LogP contribution in [0.25, 0.3) is 128 Å². The third kappa shape index (κ3) is 6.82. The van der Waals surface area contributed by atoms with E-state index in [2.05, 4.69) is 174 Å². The highest BCUT2D eigenvalue weighted by atomic mass is 16.3. The second kappa shape index (κ2) is 16.3. The Morgan fingerprint density at radius 1 is 0.309 bits per heavy atom. The molecule has 9 aromatic carbocycles. The molecule has 6 nitrogen and oxygen atoms in total. The molecule has 0 aliphatic rings. The Morgan fingerprint density at radius 2 is 0.868 bits per heavy atom. The molecule has 0 unspecified atom stereocenters. The highest BCUT2D eigenvalue weighted by molar-refractivity contribution is 6.17. The van der Waals surface area contributed by atoms with Crippen LogP contribution < -0.4 is 0 Å². The topological polar surface area (TPSA) is 69.6 Å². The number of fused-ring (bicyclic) bond motifs is 6. The summed E-state index contributed by atoms with van der Waals surface area (Å²) < 4.78 is 9.02. The smallest absolute Gasteiger partial charge is 0.166 e. The van der Waals surface area contributed by atoms with Gasteiger partial charge in [-0.3, -0.25) is 4.98 Å². The first kappa shape index (κ1) is 39.1. The van der Waals surface area contributed by atoms with E-state index in [0.29, 0.717) is 17.5 Å². The Bertz CT molecular complexity index is 3940. The maximum absolute atomic E-state index is 6.68. The lowest BCUT2D eigenvalue weighted by Gasteiger charge is -2.16. The van der Waals surface area contributed by atoms with Gasteiger partial charge >= 0.3 is 0 Å². The van der Waals surface area contributed by atoms with Crippen LogP contribution in [-0.4, -0.2) is 24.5 Å². The van der Waals surface area contributed by atoms with Crippen molar-refractivity contribution < 1.29 is 4.42 Å². The van der Waals surface area contributed by atoms with Crippen molar-refractivity contribution in [3.8, 4) is 84.5 Å². The Labute approximate surface area is 392 Å². The van der Waals surface area contributed by atoms with E-state index in [1.807, 2.05) is 66.9 Å². The van der Waals surface area contributed by atoms with Crippen LogP contribution in [0.3, 0.4) is 0 Å². The molecule has 0 spiro atoms. The molecule has 0 amide bonds. The van der Waals surface area contributed by atoms with Gasteiger partial charge in [0.05, 0.1) is 16.7 Å². The predicted molar refractivity (Wildman–Crippen MR) is 277 cm³/mol. The minimum absolute atomic E-state index is 0.522. The number of hydrogen-bond acceptors (Lipinski definition) is 5. The number of benzene rings is 9. The second-order valence-corrected chi connectivity index (χ2v) is 17.0. The van der Waals surface area contributed by atoms with Crippen LogP contribution in [0.4, 0.5) is 0 Å². The zero-order chi connectivity index (χ0) is 45.0. The maximum Gasteiger partial charge on any atom is 0.166 e. The van der Waals surface area contributed by atoms with Gasteiger partial charge in [-0.05, 0) is 88.5 Å². The molecular formula is C62H39N5O. The van der Waals surface area contributed by atoms with Gasteiger partial charge in [0, 0.05) is 61.2 Å². The summed E-state index contributed by atoms with van der Waals surface area (Å²) in [5.74, 6) is 1.68. The van der Waals surface area contributed by atoms with Gasteiger partial charge in [-0.15, -0.1) is 0 Å². The average Bonchev–Trinajstić information content (AvgIpc) is 3.95. The van der Waals surface area contributed by atoms with Gasteiger partial charge in [0.25, 0.3) is 0 Å². The number of aromatic nitrogens is 5. The van der Waals surface area contributed by atoms with Crippen molar-refractivity contribution in [1.29, 1.82) is 0 Å². The SMILES string of the molecule is c1ccc(-c2ccc(-c3ccccc3)c(-c3cnc(-c4ccc5oc6cc7c8ccccc8n(-c8ccccc8)c7cc6c5c4)c(-c4nc(-c5ccccc5)nc(-c5ccccc5)n4)c3)c2)cc1. The van der Waals surface area contributed by atoms with Crippen LogP contribution in [0.5, 0.6) is 0 Å². The molecule has 0 radical (unpaired) electrons. The molecule has 0 aliphatic heterocycles. The zero-order valence-corrected chi connectivity index (χ0v) is 36.7. The van der Waals surface area contributed by atoms with E-state index in [1.165, 1.54) is 5.39 Å². The molecule has 0 N–H and O–H groups in total. The van der Waals surface area contributed by atoms with Crippen LogP contribution in [0, 0.1) is 0 Å². The van der Waals surface area contributed by atoms with Crippen LogP contribution in [0.2, 0.25) is 0 Å². The van der Waals surface area contributed by atoms with E-state index >= 15 is 0 Å². The highest BCUT2D eigenvalue weighted by Gasteiger charge is 2.22. The summed E-state index contributed by atoms with van der Waals surface area (Å²) in [5, 5.41) is 4.33. The Hall–Kier alpha value is -9.26. The first-order chi connectivity index (χ1) is 33.7.